The molecule has 0 aliphatic heterocycles. The summed E-state index contributed by atoms with van der Waals surface area (Å²) in [5, 5.41) is 1.16. The molecule has 1 aromatic carbocycles. The second kappa shape index (κ2) is 3.12. The van der Waals surface area contributed by atoms with E-state index in [1.165, 1.54) is 0 Å². The van der Waals surface area contributed by atoms with Crippen molar-refractivity contribution in [3.63, 3.8) is 0 Å². The van der Waals surface area contributed by atoms with E-state index in [1.54, 1.807) is 0 Å². The highest BCUT2D eigenvalue weighted by atomic mass is 16.6. The minimum absolute atomic E-state index is 0.457. The molecule has 74 valence electrons. The largest absolute Gasteiger partial charge is 0.361 e. The lowest BCUT2D eigenvalue weighted by Gasteiger charge is -2.23. The highest BCUT2D eigenvalue weighted by Gasteiger charge is 2.22. The van der Waals surface area contributed by atoms with Crippen molar-refractivity contribution in [2.45, 2.75) is 19.4 Å². The van der Waals surface area contributed by atoms with Gasteiger partial charge in [-0.15, -0.1) is 0 Å². The Labute approximate surface area is 82.8 Å². The van der Waals surface area contributed by atoms with E-state index in [4.69, 9.17) is 10.7 Å². The molecule has 0 saturated heterocycles. The highest BCUT2D eigenvalue weighted by Crippen LogP contribution is 2.29. The first-order chi connectivity index (χ1) is 6.65. The molecular formula is C11H14N2O. The molecule has 0 aliphatic rings. The van der Waals surface area contributed by atoms with Crippen LogP contribution in [-0.4, -0.2) is 4.98 Å². The fourth-order valence-electron chi connectivity index (χ4n) is 1.67. The van der Waals surface area contributed by atoms with Crippen molar-refractivity contribution in [2.24, 2.45) is 5.90 Å². The maximum Gasteiger partial charge on any atom is 0.109 e. The van der Waals surface area contributed by atoms with Gasteiger partial charge < -0.3 is 4.98 Å². The van der Waals surface area contributed by atoms with Gasteiger partial charge in [0.15, 0.2) is 0 Å². The topological polar surface area (TPSA) is 51.0 Å². The Morgan fingerprint density at radius 3 is 2.79 bits per heavy atom. The van der Waals surface area contributed by atoms with Crippen LogP contribution in [-0.2, 0) is 10.4 Å². The number of nitrogens with one attached hydrogen (secondary N) is 1. The first-order valence-electron chi connectivity index (χ1n) is 4.59. The van der Waals surface area contributed by atoms with E-state index in [0.29, 0.717) is 0 Å². The zero-order valence-electron chi connectivity index (χ0n) is 8.37. The van der Waals surface area contributed by atoms with E-state index in [9.17, 15) is 0 Å². The number of aromatic nitrogens is 1. The van der Waals surface area contributed by atoms with Gasteiger partial charge in [0.2, 0.25) is 0 Å². The van der Waals surface area contributed by atoms with E-state index < -0.39 is 5.60 Å². The van der Waals surface area contributed by atoms with E-state index in [1.807, 2.05) is 44.3 Å². The zero-order valence-corrected chi connectivity index (χ0v) is 8.37. The number of fused-ring (bicyclic) bond motifs is 1. The molecule has 0 saturated carbocycles. The van der Waals surface area contributed by atoms with Gasteiger partial charge in [-0.3, -0.25) is 4.84 Å². The van der Waals surface area contributed by atoms with Crippen LogP contribution in [0.4, 0.5) is 0 Å². The van der Waals surface area contributed by atoms with Gasteiger partial charge in [-0.05, 0) is 31.5 Å². The molecule has 2 aromatic rings. The number of aromatic amines is 1. The number of hydrogen-bond donors (Lipinski definition) is 2. The molecule has 0 atom stereocenters. The lowest BCUT2D eigenvalue weighted by atomic mass is 9.95. The molecule has 0 bridgehead atoms. The van der Waals surface area contributed by atoms with Gasteiger partial charge >= 0.3 is 0 Å². The summed E-state index contributed by atoms with van der Waals surface area (Å²) in [7, 11) is 0. The Morgan fingerprint density at radius 2 is 2.07 bits per heavy atom. The summed E-state index contributed by atoms with van der Waals surface area (Å²) in [5.41, 5.74) is 1.74. The monoisotopic (exact) mass is 190 g/mol. The molecule has 3 heteroatoms. The van der Waals surface area contributed by atoms with Crippen LogP contribution in [0, 0.1) is 0 Å². The summed E-state index contributed by atoms with van der Waals surface area (Å²) in [4.78, 5) is 8.15. The smallest absolute Gasteiger partial charge is 0.109 e. The van der Waals surface area contributed by atoms with Crippen molar-refractivity contribution < 1.29 is 4.84 Å². The average Bonchev–Trinajstić information content (AvgIpc) is 2.64. The lowest BCUT2D eigenvalue weighted by molar-refractivity contribution is -0.0225. The van der Waals surface area contributed by atoms with Gasteiger partial charge in [0.25, 0.3) is 0 Å². The fourth-order valence-corrected chi connectivity index (χ4v) is 1.67. The van der Waals surface area contributed by atoms with Gasteiger partial charge in [0.05, 0.1) is 0 Å². The summed E-state index contributed by atoms with van der Waals surface area (Å²) in [6.07, 6.45) is 1.92. The third-order valence-electron chi connectivity index (χ3n) is 2.54. The predicted octanol–water partition coefficient (Wildman–Crippen LogP) is 2.29. The van der Waals surface area contributed by atoms with Crippen LogP contribution in [0.1, 0.15) is 19.4 Å². The summed E-state index contributed by atoms with van der Waals surface area (Å²) in [5.74, 6) is 5.29. The molecule has 0 amide bonds. The van der Waals surface area contributed by atoms with Crippen LogP contribution in [0.2, 0.25) is 0 Å². The molecule has 2 rings (SSSR count). The van der Waals surface area contributed by atoms with Crippen LogP contribution in [0.5, 0.6) is 0 Å². The normalized spacial score (nSPS) is 12.2. The number of H-pyrrole nitrogens is 1. The number of nitrogens with two attached hydrogens (primary N) is 1. The summed E-state index contributed by atoms with van der Waals surface area (Å²) in [6.45, 7) is 3.91. The molecule has 0 spiro atoms. The van der Waals surface area contributed by atoms with Gasteiger partial charge in [-0.1, -0.05) is 12.1 Å². The maximum absolute atomic E-state index is 5.29. The van der Waals surface area contributed by atoms with Crippen molar-refractivity contribution >= 4 is 10.9 Å². The van der Waals surface area contributed by atoms with Gasteiger partial charge in [-0.2, -0.15) is 0 Å². The molecule has 0 unspecified atom stereocenters. The first kappa shape index (κ1) is 9.24. The summed E-state index contributed by atoms with van der Waals surface area (Å²) >= 11 is 0. The van der Waals surface area contributed by atoms with Crippen LogP contribution < -0.4 is 5.90 Å². The number of hydrogen-bond acceptors (Lipinski definition) is 2. The van der Waals surface area contributed by atoms with Crippen LogP contribution in [0.25, 0.3) is 10.9 Å². The Morgan fingerprint density at radius 1 is 1.29 bits per heavy atom. The number of rotatable bonds is 2. The molecule has 1 heterocycles. The van der Waals surface area contributed by atoms with Crippen molar-refractivity contribution in [1.82, 2.24) is 4.98 Å². The van der Waals surface area contributed by atoms with Gasteiger partial charge in [0, 0.05) is 17.1 Å². The van der Waals surface area contributed by atoms with Crippen molar-refractivity contribution in [1.29, 1.82) is 0 Å². The summed E-state index contributed by atoms with van der Waals surface area (Å²) < 4.78 is 0. The standard InChI is InChI=1S/C11H14N2O/c1-11(2,14-12)9-4-3-5-10-8(9)6-7-13-10/h3-7,13H,12H2,1-2H3. The van der Waals surface area contributed by atoms with Crippen molar-refractivity contribution in [3.8, 4) is 0 Å². The van der Waals surface area contributed by atoms with E-state index in [-0.39, 0.29) is 0 Å². The highest BCUT2D eigenvalue weighted by molar-refractivity contribution is 5.83. The SMILES string of the molecule is CC(C)(ON)c1cccc2[nH]ccc12. The molecule has 0 fully saturated rings. The quantitative estimate of drug-likeness (QED) is 0.714. The minimum atomic E-state index is -0.457. The van der Waals surface area contributed by atoms with Crippen LogP contribution in [0.3, 0.4) is 0 Å². The lowest BCUT2D eigenvalue weighted by Crippen LogP contribution is -2.25. The van der Waals surface area contributed by atoms with Crippen LogP contribution >= 0.6 is 0 Å². The van der Waals surface area contributed by atoms with Gasteiger partial charge in [-0.25, -0.2) is 5.90 Å². The third-order valence-corrected chi connectivity index (χ3v) is 2.54. The van der Waals surface area contributed by atoms with Crippen LogP contribution in [0.15, 0.2) is 30.5 Å². The maximum atomic E-state index is 5.29. The summed E-state index contributed by atoms with van der Waals surface area (Å²) in [6, 6.07) is 8.09. The number of benzene rings is 1. The Hall–Kier alpha value is -1.32. The second-order valence-electron chi connectivity index (χ2n) is 3.87. The fraction of sp³-hybridized carbons (Fsp3) is 0.273. The molecular weight excluding hydrogens is 176 g/mol. The van der Waals surface area contributed by atoms with E-state index in [0.717, 1.165) is 16.5 Å². The molecule has 1 aromatic heterocycles. The Kier molecular flexibility index (Phi) is 2.06. The third kappa shape index (κ3) is 1.31. The molecule has 3 nitrogen and oxygen atoms in total. The van der Waals surface area contributed by atoms with E-state index in [2.05, 4.69) is 4.98 Å². The zero-order chi connectivity index (χ0) is 10.2. The van der Waals surface area contributed by atoms with Crippen molar-refractivity contribution in [3.05, 3.63) is 36.0 Å². The van der Waals surface area contributed by atoms with E-state index >= 15 is 0 Å². The molecule has 14 heavy (non-hydrogen) atoms. The Balaban J connectivity index is 2.67. The second-order valence-corrected chi connectivity index (χ2v) is 3.87. The molecule has 0 radical (unpaired) electrons. The predicted molar refractivity (Wildman–Crippen MR) is 56.6 cm³/mol. The average molecular weight is 190 g/mol. The molecule has 0 aliphatic carbocycles. The van der Waals surface area contributed by atoms with Crippen molar-refractivity contribution in [2.75, 3.05) is 0 Å². The minimum Gasteiger partial charge on any atom is -0.361 e. The molecule has 3 N–H and O–H groups in total. The Bertz CT molecular complexity index is 445. The first-order valence-corrected chi connectivity index (χ1v) is 4.59. The van der Waals surface area contributed by atoms with Gasteiger partial charge in [0.1, 0.15) is 5.60 Å².